The van der Waals surface area contributed by atoms with Gasteiger partial charge in [-0.05, 0) is 25.7 Å². The number of rotatable bonds is 7. The molecule has 1 saturated carbocycles. The summed E-state index contributed by atoms with van der Waals surface area (Å²) < 4.78 is 15.6. The number of nitrogens with zero attached hydrogens (tertiary/aromatic N) is 2. The highest BCUT2D eigenvalue weighted by Crippen LogP contribution is 2.36. The van der Waals surface area contributed by atoms with Crippen LogP contribution in [0.25, 0.3) is 0 Å². The maximum absolute atomic E-state index is 12.4. The van der Waals surface area contributed by atoms with Crippen LogP contribution in [0.4, 0.5) is 0 Å². The molecule has 0 saturated heterocycles. The van der Waals surface area contributed by atoms with Crippen LogP contribution in [0.2, 0.25) is 0 Å². The normalized spacial score (nSPS) is 15.9. The number of carbonyl (C=O) groups excluding carboxylic acids is 1. The molecule has 0 bridgehead atoms. The van der Waals surface area contributed by atoms with Gasteiger partial charge in [0.2, 0.25) is 17.5 Å². The van der Waals surface area contributed by atoms with Crippen LogP contribution in [0.5, 0.6) is 11.8 Å². The summed E-state index contributed by atoms with van der Waals surface area (Å²) in [5.74, 6) is 0.611. The smallest absolute Gasteiger partial charge is 0.246 e. The number of aromatic nitrogens is 2. The minimum Gasteiger partial charge on any atom is -0.480 e. The van der Waals surface area contributed by atoms with Gasteiger partial charge in [-0.15, -0.1) is 0 Å². The van der Waals surface area contributed by atoms with Gasteiger partial charge in [-0.25, -0.2) is 4.98 Å². The molecule has 1 aliphatic rings. The monoisotopic (exact) mass is 266 g/mol. The van der Waals surface area contributed by atoms with E-state index in [1.165, 1.54) is 20.4 Å². The molecule has 104 valence electrons. The SMILES string of the molecule is CCOC(C(=O)c1ncc(OC)nc1OC)C1CC1. The quantitative estimate of drug-likeness (QED) is 0.696. The maximum atomic E-state index is 12.4. The summed E-state index contributed by atoms with van der Waals surface area (Å²) in [4.78, 5) is 20.6. The Bertz CT molecular complexity index is 460. The largest absolute Gasteiger partial charge is 0.480 e. The predicted octanol–water partition coefficient (Wildman–Crippen LogP) is 1.49. The average Bonchev–Trinajstić information content (AvgIpc) is 3.27. The molecule has 6 nitrogen and oxygen atoms in total. The number of hydrogen-bond donors (Lipinski definition) is 0. The number of ketones is 1. The van der Waals surface area contributed by atoms with Gasteiger partial charge in [-0.3, -0.25) is 4.79 Å². The lowest BCUT2D eigenvalue weighted by Crippen LogP contribution is -2.28. The first-order valence-electron chi connectivity index (χ1n) is 6.32. The Labute approximate surface area is 112 Å². The van der Waals surface area contributed by atoms with Gasteiger partial charge in [0, 0.05) is 6.61 Å². The average molecular weight is 266 g/mol. The molecule has 0 aromatic carbocycles. The molecule has 2 rings (SSSR count). The Hall–Kier alpha value is -1.69. The summed E-state index contributed by atoms with van der Waals surface area (Å²) in [6.07, 6.45) is 3.00. The highest BCUT2D eigenvalue weighted by atomic mass is 16.5. The highest BCUT2D eigenvalue weighted by molar-refractivity contribution is 6.00. The second-order valence-electron chi connectivity index (χ2n) is 4.35. The summed E-state index contributed by atoms with van der Waals surface area (Å²) in [6, 6.07) is 0. The molecule has 1 unspecified atom stereocenters. The van der Waals surface area contributed by atoms with E-state index in [0.29, 0.717) is 18.4 Å². The van der Waals surface area contributed by atoms with E-state index in [0.717, 1.165) is 12.8 Å². The molecule has 1 aromatic rings. The molecule has 0 spiro atoms. The van der Waals surface area contributed by atoms with Crippen molar-refractivity contribution in [2.45, 2.75) is 25.9 Å². The van der Waals surface area contributed by atoms with Crippen LogP contribution in [-0.4, -0.2) is 42.7 Å². The first-order chi connectivity index (χ1) is 9.21. The number of Topliss-reactive ketones (excluding diaryl/α,β-unsaturated/α-hetero) is 1. The molecular formula is C13H18N2O4. The standard InChI is InChI=1S/C13H18N2O4/c1-4-19-12(8-5-6-8)11(16)10-13(18-3)15-9(17-2)7-14-10/h7-8,12H,4-6H2,1-3H3. The van der Waals surface area contributed by atoms with Crippen molar-refractivity contribution < 1.29 is 19.0 Å². The van der Waals surface area contributed by atoms with Gasteiger partial charge < -0.3 is 14.2 Å². The molecule has 1 aliphatic carbocycles. The lowest BCUT2D eigenvalue weighted by molar-refractivity contribution is 0.0367. The van der Waals surface area contributed by atoms with Gasteiger partial charge in [-0.1, -0.05) is 0 Å². The number of carbonyl (C=O) groups is 1. The van der Waals surface area contributed by atoms with E-state index in [-0.39, 0.29) is 17.4 Å². The van der Waals surface area contributed by atoms with E-state index in [1.807, 2.05) is 6.92 Å². The maximum Gasteiger partial charge on any atom is 0.246 e. The van der Waals surface area contributed by atoms with Gasteiger partial charge in [0.15, 0.2) is 5.69 Å². The minimum atomic E-state index is -0.443. The number of methoxy groups -OCH3 is 2. The predicted molar refractivity (Wildman–Crippen MR) is 67.6 cm³/mol. The van der Waals surface area contributed by atoms with Crippen LogP contribution < -0.4 is 9.47 Å². The zero-order valence-electron chi connectivity index (χ0n) is 11.4. The number of hydrogen-bond acceptors (Lipinski definition) is 6. The van der Waals surface area contributed by atoms with Crippen molar-refractivity contribution in [1.82, 2.24) is 9.97 Å². The molecule has 0 N–H and O–H groups in total. The fraction of sp³-hybridized carbons (Fsp3) is 0.615. The second kappa shape index (κ2) is 5.97. The fourth-order valence-corrected chi connectivity index (χ4v) is 1.91. The van der Waals surface area contributed by atoms with E-state index in [4.69, 9.17) is 14.2 Å². The van der Waals surface area contributed by atoms with Crippen LogP contribution in [0.1, 0.15) is 30.3 Å². The van der Waals surface area contributed by atoms with Crippen LogP contribution in [0, 0.1) is 5.92 Å². The van der Waals surface area contributed by atoms with Crippen molar-refractivity contribution in [3.05, 3.63) is 11.9 Å². The highest BCUT2D eigenvalue weighted by Gasteiger charge is 2.39. The second-order valence-corrected chi connectivity index (χ2v) is 4.35. The molecular weight excluding hydrogens is 248 g/mol. The van der Waals surface area contributed by atoms with Crippen molar-refractivity contribution in [2.24, 2.45) is 5.92 Å². The van der Waals surface area contributed by atoms with Gasteiger partial charge in [-0.2, -0.15) is 4.98 Å². The lowest BCUT2D eigenvalue weighted by Gasteiger charge is -2.15. The van der Waals surface area contributed by atoms with E-state index in [2.05, 4.69) is 9.97 Å². The summed E-state index contributed by atoms with van der Waals surface area (Å²) >= 11 is 0. The molecule has 1 atom stereocenters. The summed E-state index contributed by atoms with van der Waals surface area (Å²) in [5.41, 5.74) is 0.202. The Kier molecular flexibility index (Phi) is 4.31. The van der Waals surface area contributed by atoms with Gasteiger partial charge in [0.05, 0.1) is 20.4 Å². The van der Waals surface area contributed by atoms with Gasteiger partial charge in [0.1, 0.15) is 6.10 Å². The Morgan fingerprint density at radius 1 is 1.42 bits per heavy atom. The molecule has 1 fully saturated rings. The summed E-state index contributed by atoms with van der Waals surface area (Å²) in [7, 11) is 2.94. The fourth-order valence-electron chi connectivity index (χ4n) is 1.91. The van der Waals surface area contributed by atoms with Crippen LogP contribution in [-0.2, 0) is 4.74 Å². The molecule has 0 aliphatic heterocycles. The van der Waals surface area contributed by atoms with Gasteiger partial charge in [0.25, 0.3) is 0 Å². The zero-order valence-corrected chi connectivity index (χ0v) is 11.4. The van der Waals surface area contributed by atoms with Crippen LogP contribution >= 0.6 is 0 Å². The molecule has 1 heterocycles. The van der Waals surface area contributed by atoms with E-state index in [1.54, 1.807) is 0 Å². The Balaban J connectivity index is 2.26. The third kappa shape index (κ3) is 3.01. The zero-order chi connectivity index (χ0) is 13.8. The first kappa shape index (κ1) is 13.7. The van der Waals surface area contributed by atoms with Crippen molar-refractivity contribution in [3.8, 4) is 11.8 Å². The van der Waals surface area contributed by atoms with E-state index >= 15 is 0 Å². The van der Waals surface area contributed by atoms with Crippen LogP contribution in [0.15, 0.2) is 6.20 Å². The molecule has 0 radical (unpaired) electrons. The molecule has 0 amide bonds. The molecule has 19 heavy (non-hydrogen) atoms. The van der Waals surface area contributed by atoms with Crippen LogP contribution in [0.3, 0.4) is 0 Å². The summed E-state index contributed by atoms with van der Waals surface area (Å²) in [5, 5.41) is 0. The lowest BCUT2D eigenvalue weighted by atomic mass is 10.1. The summed E-state index contributed by atoms with van der Waals surface area (Å²) in [6.45, 7) is 2.37. The first-order valence-corrected chi connectivity index (χ1v) is 6.32. The molecule has 1 aromatic heterocycles. The third-order valence-electron chi connectivity index (χ3n) is 3.01. The Morgan fingerprint density at radius 3 is 2.68 bits per heavy atom. The topological polar surface area (TPSA) is 70.5 Å². The van der Waals surface area contributed by atoms with E-state index < -0.39 is 6.10 Å². The molecule has 6 heteroatoms. The third-order valence-corrected chi connectivity index (χ3v) is 3.01. The van der Waals surface area contributed by atoms with Gasteiger partial charge >= 0.3 is 0 Å². The number of ether oxygens (including phenoxy) is 3. The van der Waals surface area contributed by atoms with Crippen molar-refractivity contribution >= 4 is 5.78 Å². The Morgan fingerprint density at radius 2 is 2.16 bits per heavy atom. The van der Waals surface area contributed by atoms with Crippen molar-refractivity contribution in [3.63, 3.8) is 0 Å². The minimum absolute atomic E-state index is 0.170. The van der Waals surface area contributed by atoms with Crippen molar-refractivity contribution in [2.75, 3.05) is 20.8 Å². The van der Waals surface area contributed by atoms with E-state index in [9.17, 15) is 4.79 Å². The van der Waals surface area contributed by atoms with Crippen molar-refractivity contribution in [1.29, 1.82) is 0 Å².